The van der Waals surface area contributed by atoms with Gasteiger partial charge in [-0.1, -0.05) is 23.2 Å². The first kappa shape index (κ1) is 14.0. The molecule has 0 radical (unpaired) electrons. The lowest BCUT2D eigenvalue weighted by atomic mass is 10.1. The van der Waals surface area contributed by atoms with Crippen molar-refractivity contribution < 1.29 is 14.3 Å². The summed E-state index contributed by atoms with van der Waals surface area (Å²) in [6, 6.07) is 8.15. The van der Waals surface area contributed by atoms with Gasteiger partial charge in [0.05, 0.1) is 17.0 Å². The van der Waals surface area contributed by atoms with E-state index >= 15 is 0 Å². The van der Waals surface area contributed by atoms with Crippen molar-refractivity contribution >= 4 is 40.6 Å². The van der Waals surface area contributed by atoms with E-state index in [0.29, 0.717) is 21.5 Å². The fourth-order valence-electron chi connectivity index (χ4n) is 2.23. The molecule has 7 heteroatoms. The second-order valence-electron chi connectivity index (χ2n) is 4.53. The van der Waals surface area contributed by atoms with Crippen LogP contribution in [0.5, 0.6) is 0 Å². The summed E-state index contributed by atoms with van der Waals surface area (Å²) in [4.78, 5) is 11.2. The summed E-state index contributed by atoms with van der Waals surface area (Å²) in [5.41, 5.74) is 0.640. The van der Waals surface area contributed by atoms with Gasteiger partial charge in [0.1, 0.15) is 17.5 Å². The molecule has 0 fully saturated rings. The third-order valence-corrected chi connectivity index (χ3v) is 3.72. The lowest BCUT2D eigenvalue weighted by Gasteiger charge is -2.22. The van der Waals surface area contributed by atoms with Gasteiger partial charge in [-0.3, -0.25) is 5.01 Å². The van der Waals surface area contributed by atoms with Gasteiger partial charge >= 0.3 is 5.97 Å². The van der Waals surface area contributed by atoms with Gasteiger partial charge in [-0.15, -0.1) is 0 Å². The molecule has 1 aromatic heterocycles. The number of nitrogens with zero attached hydrogens (tertiary/aromatic N) is 2. The van der Waals surface area contributed by atoms with Crippen LogP contribution in [0.2, 0.25) is 10.0 Å². The number of furan rings is 1. The molecule has 0 amide bonds. The van der Waals surface area contributed by atoms with Crippen LogP contribution >= 0.6 is 23.2 Å². The molecule has 2 aromatic rings. The minimum Gasteiger partial charge on any atom is -0.477 e. The SMILES string of the molecule is O=C(O)C1=NN(c2ccc(Cl)cc2Cl)C(c2ccco2)C1. The third kappa shape index (κ3) is 2.62. The van der Waals surface area contributed by atoms with E-state index in [-0.39, 0.29) is 18.2 Å². The first-order valence-corrected chi connectivity index (χ1v) is 6.90. The average Bonchev–Trinajstić information content (AvgIpc) is 3.07. The molecule has 2 heterocycles. The van der Waals surface area contributed by atoms with E-state index in [1.165, 1.54) is 6.26 Å². The minimum atomic E-state index is -1.06. The lowest BCUT2D eigenvalue weighted by Crippen LogP contribution is -2.18. The van der Waals surface area contributed by atoms with E-state index < -0.39 is 5.97 Å². The van der Waals surface area contributed by atoms with Gasteiger partial charge in [0.2, 0.25) is 0 Å². The molecular formula is C14H10Cl2N2O3. The number of rotatable bonds is 3. The van der Waals surface area contributed by atoms with Gasteiger partial charge in [-0.05, 0) is 30.3 Å². The fourth-order valence-corrected chi connectivity index (χ4v) is 2.73. The molecule has 0 saturated heterocycles. The van der Waals surface area contributed by atoms with E-state index in [2.05, 4.69) is 5.10 Å². The number of hydrogen-bond acceptors (Lipinski definition) is 4. The monoisotopic (exact) mass is 324 g/mol. The molecule has 0 saturated carbocycles. The van der Waals surface area contributed by atoms with E-state index in [1.807, 2.05) is 0 Å². The highest BCUT2D eigenvalue weighted by Gasteiger charge is 2.34. The summed E-state index contributed by atoms with van der Waals surface area (Å²) in [5.74, 6) is -0.430. The number of carboxylic acids is 1. The first-order valence-electron chi connectivity index (χ1n) is 6.14. The largest absolute Gasteiger partial charge is 0.477 e. The summed E-state index contributed by atoms with van der Waals surface area (Å²) < 4.78 is 5.38. The molecule has 21 heavy (non-hydrogen) atoms. The fraction of sp³-hybridized carbons (Fsp3) is 0.143. The van der Waals surface area contributed by atoms with Crippen molar-refractivity contribution in [3.8, 4) is 0 Å². The van der Waals surface area contributed by atoms with Crippen molar-refractivity contribution in [1.29, 1.82) is 0 Å². The maximum atomic E-state index is 11.2. The van der Waals surface area contributed by atoms with Crippen LogP contribution in [0.15, 0.2) is 46.1 Å². The molecule has 1 unspecified atom stereocenters. The predicted molar refractivity (Wildman–Crippen MR) is 80.1 cm³/mol. The van der Waals surface area contributed by atoms with Crippen LogP contribution in [0.25, 0.3) is 0 Å². The Bertz CT molecular complexity index is 713. The zero-order valence-electron chi connectivity index (χ0n) is 10.7. The Morgan fingerprint density at radius 2 is 2.19 bits per heavy atom. The molecule has 5 nitrogen and oxygen atoms in total. The Hall–Kier alpha value is -1.98. The number of carboxylic acid groups (broad SMARTS) is 1. The molecule has 0 aliphatic carbocycles. The van der Waals surface area contributed by atoms with Crippen molar-refractivity contribution in [3.05, 3.63) is 52.4 Å². The van der Waals surface area contributed by atoms with Crippen molar-refractivity contribution in [2.24, 2.45) is 5.10 Å². The Balaban J connectivity index is 2.04. The average molecular weight is 325 g/mol. The zero-order valence-corrected chi connectivity index (χ0v) is 12.2. The van der Waals surface area contributed by atoms with E-state index in [4.69, 9.17) is 32.7 Å². The highest BCUT2D eigenvalue weighted by Crippen LogP contribution is 2.39. The standard InChI is InChI=1S/C14H10Cl2N2O3/c15-8-3-4-11(9(16)6-8)18-12(13-2-1-5-21-13)7-10(17-18)14(19)20/h1-6,12H,7H2,(H,19,20). The van der Waals surface area contributed by atoms with Crippen LogP contribution in [-0.2, 0) is 4.79 Å². The van der Waals surface area contributed by atoms with Gasteiger partial charge in [0, 0.05) is 11.4 Å². The number of benzene rings is 1. The maximum absolute atomic E-state index is 11.2. The molecule has 0 bridgehead atoms. The summed E-state index contributed by atoms with van der Waals surface area (Å²) in [6.45, 7) is 0. The zero-order chi connectivity index (χ0) is 15.0. The number of hydrogen-bond donors (Lipinski definition) is 1. The van der Waals surface area contributed by atoms with Crippen LogP contribution in [0.4, 0.5) is 5.69 Å². The first-order chi connectivity index (χ1) is 10.1. The van der Waals surface area contributed by atoms with Crippen molar-refractivity contribution in [2.75, 3.05) is 5.01 Å². The third-order valence-electron chi connectivity index (χ3n) is 3.19. The Labute approximate surface area is 130 Å². The summed E-state index contributed by atoms with van der Waals surface area (Å²) >= 11 is 12.1. The molecule has 1 aliphatic rings. The highest BCUT2D eigenvalue weighted by molar-refractivity contribution is 6.38. The highest BCUT2D eigenvalue weighted by atomic mass is 35.5. The number of carbonyl (C=O) groups is 1. The number of anilines is 1. The van der Waals surface area contributed by atoms with E-state index in [9.17, 15) is 4.79 Å². The summed E-state index contributed by atoms with van der Waals surface area (Å²) in [5, 5.41) is 15.8. The van der Waals surface area contributed by atoms with Crippen LogP contribution < -0.4 is 5.01 Å². The lowest BCUT2D eigenvalue weighted by molar-refractivity contribution is -0.129. The van der Waals surface area contributed by atoms with Gasteiger partial charge in [0.25, 0.3) is 0 Å². The Morgan fingerprint density at radius 3 is 2.81 bits per heavy atom. The topological polar surface area (TPSA) is 66.0 Å². The smallest absolute Gasteiger partial charge is 0.352 e. The minimum absolute atomic E-state index is 0.0578. The van der Waals surface area contributed by atoms with Gasteiger partial charge < -0.3 is 9.52 Å². The molecule has 1 aliphatic heterocycles. The van der Waals surface area contributed by atoms with Gasteiger partial charge in [0.15, 0.2) is 0 Å². The normalized spacial score (nSPS) is 17.9. The Morgan fingerprint density at radius 1 is 1.38 bits per heavy atom. The Kier molecular flexibility index (Phi) is 3.61. The van der Waals surface area contributed by atoms with Gasteiger partial charge in [-0.25, -0.2) is 4.79 Å². The van der Waals surface area contributed by atoms with Crippen molar-refractivity contribution in [1.82, 2.24) is 0 Å². The molecule has 1 N–H and O–H groups in total. The predicted octanol–water partition coefficient (Wildman–Crippen LogP) is 3.98. The van der Waals surface area contributed by atoms with Gasteiger partial charge in [-0.2, -0.15) is 5.10 Å². The second-order valence-corrected chi connectivity index (χ2v) is 5.37. The van der Waals surface area contributed by atoms with E-state index in [0.717, 1.165) is 0 Å². The number of halogens is 2. The summed E-state index contributed by atoms with van der Waals surface area (Å²) in [7, 11) is 0. The van der Waals surface area contributed by atoms with Crippen molar-refractivity contribution in [3.63, 3.8) is 0 Å². The van der Waals surface area contributed by atoms with E-state index in [1.54, 1.807) is 35.3 Å². The second kappa shape index (κ2) is 5.42. The number of hydrazone groups is 1. The van der Waals surface area contributed by atoms with Crippen molar-refractivity contribution in [2.45, 2.75) is 12.5 Å². The van der Waals surface area contributed by atoms with Crippen LogP contribution in [0.1, 0.15) is 18.2 Å². The van der Waals surface area contributed by atoms with Crippen LogP contribution in [0.3, 0.4) is 0 Å². The molecule has 1 aromatic carbocycles. The molecule has 108 valence electrons. The maximum Gasteiger partial charge on any atom is 0.352 e. The van der Waals surface area contributed by atoms with Crippen LogP contribution in [-0.4, -0.2) is 16.8 Å². The molecule has 1 atom stereocenters. The number of aliphatic carboxylic acids is 1. The van der Waals surface area contributed by atoms with Crippen LogP contribution in [0, 0.1) is 0 Å². The quantitative estimate of drug-likeness (QED) is 0.927. The molecule has 3 rings (SSSR count). The molecule has 0 spiro atoms. The summed E-state index contributed by atoms with van der Waals surface area (Å²) in [6.07, 6.45) is 1.78. The molecular weight excluding hydrogens is 315 g/mol.